The van der Waals surface area contributed by atoms with Gasteiger partial charge in [0.25, 0.3) is 0 Å². The summed E-state index contributed by atoms with van der Waals surface area (Å²) in [6, 6.07) is 11.7. The first-order valence-corrected chi connectivity index (χ1v) is 7.70. The predicted molar refractivity (Wildman–Crippen MR) is 81.7 cm³/mol. The van der Waals surface area contributed by atoms with E-state index in [0.29, 0.717) is 12.1 Å². The molecule has 3 rings (SSSR count). The molecule has 2 aromatic rings. The molecule has 0 fully saturated rings. The van der Waals surface area contributed by atoms with Gasteiger partial charge in [0.15, 0.2) is 0 Å². The third-order valence-corrected chi connectivity index (χ3v) is 4.20. The van der Waals surface area contributed by atoms with E-state index < -0.39 is 0 Å². The number of nitrogens with one attached hydrogen (secondary N) is 1. The molecule has 1 aliphatic carbocycles. The summed E-state index contributed by atoms with van der Waals surface area (Å²) in [6.45, 7) is 3.27. The van der Waals surface area contributed by atoms with E-state index in [9.17, 15) is 0 Å². The van der Waals surface area contributed by atoms with Crippen molar-refractivity contribution in [2.45, 2.75) is 44.7 Å². The molecule has 0 aliphatic heterocycles. The van der Waals surface area contributed by atoms with Crippen molar-refractivity contribution < 1.29 is 0 Å². The van der Waals surface area contributed by atoms with Gasteiger partial charge in [-0.3, -0.25) is 4.68 Å². The maximum atomic E-state index is 4.49. The summed E-state index contributed by atoms with van der Waals surface area (Å²) in [5, 5.41) is 8.23. The van der Waals surface area contributed by atoms with Crippen molar-refractivity contribution >= 4 is 0 Å². The lowest BCUT2D eigenvalue weighted by molar-refractivity contribution is 0.316. The van der Waals surface area contributed by atoms with Crippen LogP contribution in [0.4, 0.5) is 0 Å². The molecule has 1 aromatic heterocycles. The molecular weight excluding hydrogens is 246 g/mol. The first kappa shape index (κ1) is 13.4. The van der Waals surface area contributed by atoms with Crippen molar-refractivity contribution in [3.8, 4) is 0 Å². The summed E-state index contributed by atoms with van der Waals surface area (Å²) < 4.78 is 2.13. The quantitative estimate of drug-likeness (QED) is 0.861. The molecule has 0 spiro atoms. The van der Waals surface area contributed by atoms with Crippen LogP contribution in [0.15, 0.2) is 42.7 Å². The smallest absolute Gasteiger partial charge is 0.0714 e. The van der Waals surface area contributed by atoms with E-state index in [1.165, 1.54) is 30.4 Å². The van der Waals surface area contributed by atoms with Crippen LogP contribution in [0.2, 0.25) is 0 Å². The summed E-state index contributed by atoms with van der Waals surface area (Å²) in [5.74, 6) is 0. The highest BCUT2D eigenvalue weighted by Gasteiger charge is 2.28. The van der Waals surface area contributed by atoms with Crippen LogP contribution in [-0.4, -0.2) is 16.3 Å². The number of aromatic nitrogens is 2. The SMILES string of the molecule is CCCNC1c2ccccc2CCCC1n1cccn1. The highest BCUT2D eigenvalue weighted by atomic mass is 15.3. The molecule has 2 unspecified atom stereocenters. The van der Waals surface area contributed by atoms with Gasteiger partial charge in [0.1, 0.15) is 0 Å². The van der Waals surface area contributed by atoms with Gasteiger partial charge >= 0.3 is 0 Å². The molecule has 106 valence electrons. The molecule has 1 aromatic carbocycles. The summed E-state index contributed by atoms with van der Waals surface area (Å²) in [7, 11) is 0. The third-order valence-electron chi connectivity index (χ3n) is 4.20. The van der Waals surface area contributed by atoms with Crippen molar-refractivity contribution in [3.63, 3.8) is 0 Å². The number of aryl methyl sites for hydroxylation is 1. The minimum absolute atomic E-state index is 0.369. The second-order valence-corrected chi connectivity index (χ2v) is 5.58. The molecule has 1 aliphatic rings. The summed E-state index contributed by atoms with van der Waals surface area (Å²) >= 11 is 0. The Morgan fingerprint density at radius 1 is 1.30 bits per heavy atom. The number of rotatable bonds is 4. The Bertz CT molecular complexity index is 533. The second kappa shape index (κ2) is 6.23. The average Bonchev–Trinajstić information content (AvgIpc) is 2.94. The molecule has 1 N–H and O–H groups in total. The van der Waals surface area contributed by atoms with Gasteiger partial charge in [-0.05, 0) is 49.4 Å². The van der Waals surface area contributed by atoms with E-state index in [4.69, 9.17) is 0 Å². The minimum atomic E-state index is 0.369. The zero-order chi connectivity index (χ0) is 13.8. The van der Waals surface area contributed by atoms with Gasteiger partial charge in [-0.2, -0.15) is 5.10 Å². The van der Waals surface area contributed by atoms with Crippen LogP contribution in [0.1, 0.15) is 49.4 Å². The largest absolute Gasteiger partial charge is 0.308 e. The fourth-order valence-electron chi connectivity index (χ4n) is 3.25. The van der Waals surface area contributed by atoms with Crippen molar-refractivity contribution in [1.29, 1.82) is 0 Å². The lowest BCUT2D eigenvalue weighted by Crippen LogP contribution is -2.31. The zero-order valence-corrected chi connectivity index (χ0v) is 12.1. The number of hydrogen-bond donors (Lipinski definition) is 1. The standard InChI is InChI=1S/C17H23N3/c1-2-11-18-17-15-9-4-3-7-14(15)8-5-10-16(17)20-13-6-12-19-20/h3-4,6-7,9,12-13,16-18H,2,5,8,10-11H2,1H3. The van der Waals surface area contributed by atoms with Crippen molar-refractivity contribution in [2.75, 3.05) is 6.54 Å². The number of hydrogen-bond acceptors (Lipinski definition) is 2. The second-order valence-electron chi connectivity index (χ2n) is 5.58. The van der Waals surface area contributed by atoms with E-state index in [1.807, 2.05) is 12.3 Å². The number of nitrogens with zero attached hydrogens (tertiary/aromatic N) is 2. The summed E-state index contributed by atoms with van der Waals surface area (Å²) in [4.78, 5) is 0. The Labute approximate surface area is 121 Å². The van der Waals surface area contributed by atoms with Gasteiger partial charge in [-0.15, -0.1) is 0 Å². The van der Waals surface area contributed by atoms with Crippen LogP contribution in [0.5, 0.6) is 0 Å². The molecule has 1 heterocycles. The van der Waals surface area contributed by atoms with Crippen LogP contribution in [-0.2, 0) is 6.42 Å². The molecule has 2 atom stereocenters. The van der Waals surface area contributed by atoms with Gasteiger partial charge in [-0.25, -0.2) is 0 Å². The topological polar surface area (TPSA) is 29.9 Å². The average molecular weight is 269 g/mol. The Morgan fingerprint density at radius 2 is 2.20 bits per heavy atom. The van der Waals surface area contributed by atoms with Crippen LogP contribution < -0.4 is 5.32 Å². The first-order chi connectivity index (χ1) is 9.90. The van der Waals surface area contributed by atoms with Crippen LogP contribution in [0.3, 0.4) is 0 Å². The van der Waals surface area contributed by atoms with Crippen molar-refractivity contribution in [3.05, 3.63) is 53.9 Å². The van der Waals surface area contributed by atoms with Gasteiger partial charge in [0, 0.05) is 12.4 Å². The number of benzene rings is 1. The molecular formula is C17H23N3. The van der Waals surface area contributed by atoms with Gasteiger partial charge in [0.2, 0.25) is 0 Å². The van der Waals surface area contributed by atoms with E-state index >= 15 is 0 Å². The monoisotopic (exact) mass is 269 g/mol. The number of fused-ring (bicyclic) bond motifs is 1. The van der Waals surface area contributed by atoms with E-state index in [-0.39, 0.29) is 0 Å². The van der Waals surface area contributed by atoms with Crippen LogP contribution in [0, 0.1) is 0 Å². The van der Waals surface area contributed by atoms with Crippen molar-refractivity contribution in [2.24, 2.45) is 0 Å². The molecule has 20 heavy (non-hydrogen) atoms. The summed E-state index contributed by atoms with van der Waals surface area (Å²) in [5.41, 5.74) is 2.95. The maximum absolute atomic E-state index is 4.49. The first-order valence-electron chi connectivity index (χ1n) is 7.70. The van der Waals surface area contributed by atoms with E-state index in [1.54, 1.807) is 0 Å². The van der Waals surface area contributed by atoms with Crippen LogP contribution in [0.25, 0.3) is 0 Å². The van der Waals surface area contributed by atoms with E-state index in [0.717, 1.165) is 13.0 Å². The van der Waals surface area contributed by atoms with Gasteiger partial charge < -0.3 is 5.32 Å². The highest BCUT2D eigenvalue weighted by molar-refractivity contribution is 5.32. The molecule has 0 saturated carbocycles. The normalized spacial score (nSPS) is 22.2. The van der Waals surface area contributed by atoms with Gasteiger partial charge in [-0.1, -0.05) is 31.2 Å². The fourth-order valence-corrected chi connectivity index (χ4v) is 3.25. The lowest BCUT2D eigenvalue weighted by Gasteiger charge is -2.28. The highest BCUT2D eigenvalue weighted by Crippen LogP contribution is 2.35. The van der Waals surface area contributed by atoms with Crippen LogP contribution >= 0.6 is 0 Å². The minimum Gasteiger partial charge on any atom is -0.308 e. The Balaban J connectivity index is 1.97. The Kier molecular flexibility index (Phi) is 4.16. The fraction of sp³-hybridized carbons (Fsp3) is 0.471. The molecule has 0 bridgehead atoms. The van der Waals surface area contributed by atoms with E-state index in [2.05, 4.69) is 52.5 Å². The Hall–Kier alpha value is -1.61. The molecule has 0 amide bonds. The van der Waals surface area contributed by atoms with Gasteiger partial charge in [0.05, 0.1) is 12.1 Å². The maximum Gasteiger partial charge on any atom is 0.0714 e. The van der Waals surface area contributed by atoms with Crippen molar-refractivity contribution in [1.82, 2.24) is 15.1 Å². The molecule has 3 heteroatoms. The lowest BCUT2D eigenvalue weighted by atomic mass is 9.96. The molecule has 3 nitrogen and oxygen atoms in total. The summed E-state index contributed by atoms with van der Waals surface area (Å²) in [6.07, 6.45) is 8.72. The molecule has 0 radical (unpaired) electrons. The third kappa shape index (κ3) is 2.63. The zero-order valence-electron chi connectivity index (χ0n) is 12.1. The predicted octanol–water partition coefficient (Wildman–Crippen LogP) is 3.50. The molecule has 0 saturated heterocycles. The Morgan fingerprint density at radius 3 is 3.00 bits per heavy atom.